The molecule has 5 heterocycles. The second-order valence-electron chi connectivity index (χ2n) is 7.60. The summed E-state index contributed by atoms with van der Waals surface area (Å²) in [6.45, 7) is 4.29. The van der Waals surface area contributed by atoms with Gasteiger partial charge in [0.15, 0.2) is 12.6 Å². The Morgan fingerprint density at radius 3 is 2.97 bits per heavy atom. The zero-order chi connectivity index (χ0) is 24.2. The maximum absolute atomic E-state index is 13.0. The molecule has 176 valence electrons. The molecule has 0 saturated heterocycles. The predicted molar refractivity (Wildman–Crippen MR) is 125 cm³/mol. The van der Waals surface area contributed by atoms with Gasteiger partial charge in [0.2, 0.25) is 5.88 Å². The average molecular weight is 472 g/mol. The van der Waals surface area contributed by atoms with Gasteiger partial charge in [-0.15, -0.1) is 0 Å². The number of carbonyl (C=O) groups excluding carboxylic acids is 1. The third-order valence-corrected chi connectivity index (χ3v) is 5.09. The minimum Gasteiger partial charge on any atom is -0.471 e. The second-order valence-corrected chi connectivity index (χ2v) is 7.60. The molecule has 1 aliphatic heterocycles. The molecule has 0 aliphatic carbocycles. The van der Waals surface area contributed by atoms with Crippen LogP contribution in [-0.2, 0) is 24.7 Å². The van der Waals surface area contributed by atoms with Crippen LogP contribution in [0.5, 0.6) is 5.75 Å². The molecule has 12 heteroatoms. The lowest BCUT2D eigenvalue weighted by molar-refractivity contribution is 0.0946. The first-order valence-corrected chi connectivity index (χ1v) is 10.6. The minimum absolute atomic E-state index is 0.0598. The van der Waals surface area contributed by atoms with E-state index in [0.29, 0.717) is 36.1 Å². The van der Waals surface area contributed by atoms with Crippen LogP contribution in [0.3, 0.4) is 0 Å². The third kappa shape index (κ3) is 5.00. The number of pyridine rings is 2. The number of carbonyl (C=O) groups is 1. The fourth-order valence-corrected chi connectivity index (χ4v) is 3.35. The van der Waals surface area contributed by atoms with Crippen molar-refractivity contribution in [1.82, 2.24) is 34.9 Å². The lowest BCUT2D eigenvalue weighted by atomic mass is 10.2. The standard InChI is InChI=1S/C23H20N8O4/c1-15-28-21(29-35-15)12-30-6-4-17(11-30)34-14-31-13-27-20-10-25-19(7-18(20)23(31)33)22(32)26-9-16-3-2-5-24-8-16/h2-8,10-11,13H,1,9,12,14H2,(H,26,32)(H,28,29). The molecule has 0 fully saturated rings. The largest absolute Gasteiger partial charge is 0.471 e. The summed E-state index contributed by atoms with van der Waals surface area (Å²) in [4.78, 5) is 47.0. The minimum atomic E-state index is -0.404. The van der Waals surface area contributed by atoms with Crippen LogP contribution < -0.4 is 21.1 Å². The van der Waals surface area contributed by atoms with E-state index in [9.17, 15) is 9.59 Å². The van der Waals surface area contributed by atoms with E-state index in [-0.39, 0.29) is 23.4 Å². The van der Waals surface area contributed by atoms with Crippen LogP contribution in [0.15, 0.2) is 83.8 Å². The SMILES string of the molecule is C=C1N=C(Cn2ccc(OCn3cnc4cnc(C(=O)NCc5cccnc5)cc4c3=O)c2)NO1. The molecule has 4 aromatic rings. The van der Waals surface area contributed by atoms with Gasteiger partial charge in [0, 0.05) is 31.3 Å². The highest BCUT2D eigenvalue weighted by Crippen LogP contribution is 2.13. The van der Waals surface area contributed by atoms with Crippen LogP contribution in [0.4, 0.5) is 0 Å². The normalized spacial score (nSPS) is 12.7. The van der Waals surface area contributed by atoms with Gasteiger partial charge in [0.25, 0.3) is 11.5 Å². The zero-order valence-electron chi connectivity index (χ0n) is 18.4. The molecule has 1 aliphatic rings. The van der Waals surface area contributed by atoms with Gasteiger partial charge in [-0.25, -0.2) is 15.4 Å². The molecule has 4 aromatic heterocycles. The lowest BCUT2D eigenvalue weighted by Crippen LogP contribution is -2.26. The van der Waals surface area contributed by atoms with Gasteiger partial charge < -0.3 is 19.5 Å². The van der Waals surface area contributed by atoms with E-state index in [2.05, 4.69) is 37.3 Å². The smallest absolute Gasteiger partial charge is 0.270 e. The summed E-state index contributed by atoms with van der Waals surface area (Å²) in [5.41, 5.74) is 3.68. The molecule has 0 aromatic carbocycles. The summed E-state index contributed by atoms with van der Waals surface area (Å²) < 4.78 is 8.90. The van der Waals surface area contributed by atoms with E-state index in [1.165, 1.54) is 23.2 Å². The maximum Gasteiger partial charge on any atom is 0.270 e. The molecule has 5 rings (SSSR count). The number of rotatable bonds is 8. The van der Waals surface area contributed by atoms with Crippen LogP contribution in [-0.4, -0.2) is 35.8 Å². The molecule has 0 radical (unpaired) electrons. The van der Waals surface area contributed by atoms with Crippen LogP contribution in [0.1, 0.15) is 16.1 Å². The summed E-state index contributed by atoms with van der Waals surface area (Å²) >= 11 is 0. The van der Waals surface area contributed by atoms with Crippen molar-refractivity contribution < 1.29 is 14.4 Å². The molecule has 0 spiro atoms. The Morgan fingerprint density at radius 1 is 1.26 bits per heavy atom. The van der Waals surface area contributed by atoms with E-state index in [1.54, 1.807) is 30.7 Å². The number of hydrogen-bond acceptors (Lipinski definition) is 9. The van der Waals surface area contributed by atoms with Crippen LogP contribution in [0.2, 0.25) is 0 Å². The molecular weight excluding hydrogens is 452 g/mol. The van der Waals surface area contributed by atoms with E-state index in [4.69, 9.17) is 9.57 Å². The molecule has 1 amide bonds. The Kier molecular flexibility index (Phi) is 5.90. The Labute approximate surface area is 198 Å². The first-order chi connectivity index (χ1) is 17.0. The third-order valence-electron chi connectivity index (χ3n) is 5.09. The number of aromatic nitrogens is 5. The summed E-state index contributed by atoms with van der Waals surface area (Å²) in [6, 6.07) is 6.83. The molecule has 12 nitrogen and oxygen atoms in total. The second kappa shape index (κ2) is 9.47. The number of nitrogens with one attached hydrogen (secondary N) is 2. The summed E-state index contributed by atoms with van der Waals surface area (Å²) in [5, 5.41) is 3.03. The first-order valence-electron chi connectivity index (χ1n) is 10.6. The van der Waals surface area contributed by atoms with E-state index in [0.717, 1.165) is 5.56 Å². The Balaban J connectivity index is 1.26. The van der Waals surface area contributed by atoms with Crippen molar-refractivity contribution >= 4 is 22.6 Å². The van der Waals surface area contributed by atoms with Crippen molar-refractivity contribution in [1.29, 1.82) is 0 Å². The fourth-order valence-electron chi connectivity index (χ4n) is 3.35. The highest BCUT2D eigenvalue weighted by atomic mass is 16.7. The van der Waals surface area contributed by atoms with Gasteiger partial charge in [0.05, 0.1) is 23.6 Å². The van der Waals surface area contributed by atoms with Crippen LogP contribution >= 0.6 is 0 Å². The molecule has 0 bridgehead atoms. The topological polar surface area (TPSA) is 138 Å². The average Bonchev–Trinajstić information content (AvgIpc) is 3.51. The number of hydrogen-bond donors (Lipinski definition) is 2. The Bertz CT molecular complexity index is 1490. The number of amides is 1. The maximum atomic E-state index is 13.0. The van der Waals surface area contributed by atoms with Crippen molar-refractivity contribution in [3.8, 4) is 5.75 Å². The van der Waals surface area contributed by atoms with Gasteiger partial charge in [0.1, 0.15) is 17.8 Å². The molecule has 0 saturated carbocycles. The van der Waals surface area contributed by atoms with Gasteiger partial charge in [-0.3, -0.25) is 19.1 Å². The number of fused-ring (bicyclic) bond motifs is 1. The van der Waals surface area contributed by atoms with Gasteiger partial charge >= 0.3 is 0 Å². The molecular formula is C23H20N8O4. The molecule has 2 N–H and O–H groups in total. The highest BCUT2D eigenvalue weighted by molar-refractivity contribution is 5.95. The van der Waals surface area contributed by atoms with Gasteiger partial charge in [-0.05, 0) is 30.3 Å². The van der Waals surface area contributed by atoms with Crippen molar-refractivity contribution in [2.75, 3.05) is 0 Å². The van der Waals surface area contributed by atoms with Gasteiger partial charge in [-0.1, -0.05) is 6.07 Å². The number of hydroxylamine groups is 1. The van der Waals surface area contributed by atoms with E-state index >= 15 is 0 Å². The number of amidine groups is 1. The van der Waals surface area contributed by atoms with Crippen molar-refractivity contribution in [2.24, 2.45) is 4.99 Å². The van der Waals surface area contributed by atoms with Crippen molar-refractivity contribution in [3.05, 3.63) is 95.7 Å². The number of aliphatic imine (C=N–C) groups is 1. The molecule has 35 heavy (non-hydrogen) atoms. The quantitative estimate of drug-likeness (QED) is 0.392. The number of ether oxygens (including phenoxy) is 1. The van der Waals surface area contributed by atoms with E-state index in [1.807, 2.05) is 16.8 Å². The van der Waals surface area contributed by atoms with E-state index < -0.39 is 5.91 Å². The van der Waals surface area contributed by atoms with Gasteiger partial charge in [-0.2, -0.15) is 4.99 Å². The molecule has 0 atom stereocenters. The number of nitrogens with zero attached hydrogens (tertiary/aromatic N) is 6. The zero-order valence-corrected chi connectivity index (χ0v) is 18.4. The fraction of sp³-hybridized carbons (Fsp3) is 0.130. The van der Waals surface area contributed by atoms with Crippen LogP contribution in [0, 0.1) is 0 Å². The van der Waals surface area contributed by atoms with Crippen LogP contribution in [0.25, 0.3) is 10.9 Å². The van der Waals surface area contributed by atoms with Crippen molar-refractivity contribution in [3.63, 3.8) is 0 Å². The van der Waals surface area contributed by atoms with Crippen molar-refractivity contribution in [2.45, 2.75) is 19.8 Å². The summed E-state index contributed by atoms with van der Waals surface area (Å²) in [6.07, 6.45) is 9.67. The summed E-state index contributed by atoms with van der Waals surface area (Å²) in [7, 11) is 0. The first kappa shape index (κ1) is 21.8. The highest BCUT2D eigenvalue weighted by Gasteiger charge is 2.13. The Morgan fingerprint density at radius 2 is 2.17 bits per heavy atom. The summed E-state index contributed by atoms with van der Waals surface area (Å²) in [5.74, 6) is 1.07. The monoisotopic (exact) mass is 472 g/mol. The Hall–Kier alpha value is -5.00. The molecule has 0 unspecified atom stereocenters. The predicted octanol–water partition coefficient (Wildman–Crippen LogP) is 1.36. The lowest BCUT2D eigenvalue weighted by Gasteiger charge is -2.09.